The highest BCUT2D eigenvalue weighted by Crippen LogP contribution is 2.07. The Labute approximate surface area is 118 Å². The molecule has 1 rings (SSSR count). The summed E-state index contributed by atoms with van der Waals surface area (Å²) >= 11 is 0. The fourth-order valence-corrected chi connectivity index (χ4v) is 1.88. The van der Waals surface area contributed by atoms with Crippen molar-refractivity contribution in [2.45, 2.75) is 32.5 Å². The van der Waals surface area contributed by atoms with Crippen molar-refractivity contribution in [1.29, 1.82) is 0 Å². The van der Waals surface area contributed by atoms with Gasteiger partial charge in [-0.1, -0.05) is 30.3 Å². The number of amides is 2. The lowest BCUT2D eigenvalue weighted by Crippen LogP contribution is -2.48. The van der Waals surface area contributed by atoms with E-state index in [-0.39, 0.29) is 12.5 Å². The van der Waals surface area contributed by atoms with Gasteiger partial charge >= 0.3 is 6.09 Å². The topological polar surface area (TPSA) is 89.9 Å². The number of carbonyl (C=O) groups is 2. The van der Waals surface area contributed by atoms with Crippen LogP contribution in [0.5, 0.6) is 0 Å². The minimum atomic E-state index is -1.25. The van der Waals surface area contributed by atoms with Gasteiger partial charge in [0.1, 0.15) is 6.04 Å². The quantitative estimate of drug-likeness (QED) is 0.726. The summed E-state index contributed by atoms with van der Waals surface area (Å²) in [7, 11) is 0. The normalized spacial score (nSPS) is 13.3. The molecule has 0 saturated carbocycles. The Morgan fingerprint density at radius 2 is 1.85 bits per heavy atom. The summed E-state index contributed by atoms with van der Waals surface area (Å²) in [4.78, 5) is 24.2. The number of nitrogens with one attached hydrogen (secondary N) is 1. The van der Waals surface area contributed by atoms with Crippen LogP contribution >= 0.6 is 0 Å². The van der Waals surface area contributed by atoms with Crippen molar-refractivity contribution in [1.82, 2.24) is 10.2 Å². The molecular weight excluding hydrogens is 260 g/mol. The van der Waals surface area contributed by atoms with Crippen LogP contribution in [0.2, 0.25) is 0 Å². The molecule has 6 heteroatoms. The lowest BCUT2D eigenvalue weighted by molar-refractivity contribution is -0.134. The third-order valence-electron chi connectivity index (χ3n) is 2.72. The molecule has 0 aliphatic carbocycles. The van der Waals surface area contributed by atoms with Crippen molar-refractivity contribution in [3.8, 4) is 0 Å². The van der Waals surface area contributed by atoms with Crippen LogP contribution in [0.15, 0.2) is 30.3 Å². The first-order valence-corrected chi connectivity index (χ1v) is 6.40. The molecule has 0 aromatic heterocycles. The van der Waals surface area contributed by atoms with E-state index in [1.807, 2.05) is 30.3 Å². The number of carbonyl (C=O) groups excluding carboxylic acids is 1. The van der Waals surface area contributed by atoms with Gasteiger partial charge in [-0.3, -0.25) is 4.79 Å². The Kier molecular flexibility index (Phi) is 5.99. The molecule has 0 heterocycles. The van der Waals surface area contributed by atoms with Gasteiger partial charge in [-0.2, -0.15) is 0 Å². The number of benzene rings is 1. The van der Waals surface area contributed by atoms with Crippen LogP contribution in [0.25, 0.3) is 0 Å². The molecule has 2 atom stereocenters. The SMILES string of the molecule is CC(O)CN(Cc1ccccc1)C(=O)C(C)NC(=O)O. The molecule has 0 fully saturated rings. The average molecular weight is 280 g/mol. The van der Waals surface area contributed by atoms with Crippen molar-refractivity contribution < 1.29 is 19.8 Å². The fraction of sp³-hybridized carbons (Fsp3) is 0.429. The van der Waals surface area contributed by atoms with Crippen LogP contribution in [-0.2, 0) is 11.3 Å². The molecule has 20 heavy (non-hydrogen) atoms. The highest BCUT2D eigenvalue weighted by Gasteiger charge is 2.23. The monoisotopic (exact) mass is 280 g/mol. The van der Waals surface area contributed by atoms with Gasteiger partial charge in [0.2, 0.25) is 5.91 Å². The third kappa shape index (κ3) is 5.27. The van der Waals surface area contributed by atoms with E-state index < -0.39 is 18.2 Å². The van der Waals surface area contributed by atoms with Crippen molar-refractivity contribution in [2.75, 3.05) is 6.54 Å². The van der Waals surface area contributed by atoms with Gasteiger partial charge in [0.05, 0.1) is 6.10 Å². The Hall–Kier alpha value is -2.08. The minimum absolute atomic E-state index is 0.152. The number of aliphatic hydroxyl groups excluding tert-OH is 1. The van der Waals surface area contributed by atoms with Crippen LogP contribution in [0, 0.1) is 0 Å². The maximum atomic E-state index is 12.2. The van der Waals surface area contributed by atoms with Gasteiger partial charge in [0.25, 0.3) is 0 Å². The van der Waals surface area contributed by atoms with E-state index >= 15 is 0 Å². The maximum Gasteiger partial charge on any atom is 0.405 e. The Balaban J connectivity index is 2.78. The highest BCUT2D eigenvalue weighted by atomic mass is 16.4. The largest absolute Gasteiger partial charge is 0.465 e. The summed E-state index contributed by atoms with van der Waals surface area (Å²) in [5.41, 5.74) is 0.920. The predicted molar refractivity (Wildman–Crippen MR) is 74.2 cm³/mol. The first kappa shape index (κ1) is 16.0. The summed E-state index contributed by atoms with van der Waals surface area (Å²) in [6.07, 6.45) is -1.93. The number of hydrogen-bond acceptors (Lipinski definition) is 3. The van der Waals surface area contributed by atoms with Crippen LogP contribution in [0.1, 0.15) is 19.4 Å². The Morgan fingerprint density at radius 1 is 1.25 bits per heavy atom. The summed E-state index contributed by atoms with van der Waals surface area (Å²) in [5.74, 6) is -0.364. The van der Waals surface area contributed by atoms with Crippen LogP contribution in [-0.4, -0.2) is 45.8 Å². The van der Waals surface area contributed by atoms with Gasteiger partial charge in [0.15, 0.2) is 0 Å². The van der Waals surface area contributed by atoms with Gasteiger partial charge in [0, 0.05) is 13.1 Å². The number of aliphatic hydroxyl groups is 1. The minimum Gasteiger partial charge on any atom is -0.465 e. The van der Waals surface area contributed by atoms with Crippen LogP contribution < -0.4 is 5.32 Å². The second-order valence-corrected chi connectivity index (χ2v) is 4.72. The van der Waals surface area contributed by atoms with Gasteiger partial charge in [-0.25, -0.2) is 4.79 Å². The molecule has 1 aromatic carbocycles. The van der Waals surface area contributed by atoms with Crippen molar-refractivity contribution in [3.05, 3.63) is 35.9 Å². The summed E-state index contributed by atoms with van der Waals surface area (Å²) in [5, 5.41) is 20.3. The van der Waals surface area contributed by atoms with E-state index in [4.69, 9.17) is 5.11 Å². The molecule has 110 valence electrons. The molecule has 6 nitrogen and oxygen atoms in total. The average Bonchev–Trinajstić information content (AvgIpc) is 2.37. The maximum absolute atomic E-state index is 12.2. The highest BCUT2D eigenvalue weighted by molar-refractivity contribution is 5.84. The van der Waals surface area contributed by atoms with E-state index in [2.05, 4.69) is 5.32 Å². The number of nitrogens with zero attached hydrogens (tertiary/aromatic N) is 1. The number of carboxylic acid groups (broad SMARTS) is 1. The molecule has 0 spiro atoms. The summed E-state index contributed by atoms with van der Waals surface area (Å²) in [6.45, 7) is 3.55. The van der Waals surface area contributed by atoms with E-state index in [9.17, 15) is 14.7 Å². The van der Waals surface area contributed by atoms with E-state index in [1.165, 1.54) is 11.8 Å². The Morgan fingerprint density at radius 3 is 2.35 bits per heavy atom. The molecule has 2 unspecified atom stereocenters. The molecule has 0 aliphatic heterocycles. The van der Waals surface area contributed by atoms with E-state index in [0.29, 0.717) is 6.54 Å². The molecule has 1 aromatic rings. The molecule has 3 N–H and O–H groups in total. The zero-order chi connectivity index (χ0) is 15.1. The molecule has 0 aliphatic rings. The summed E-state index contributed by atoms with van der Waals surface area (Å²) in [6, 6.07) is 8.49. The molecule has 0 saturated heterocycles. The molecule has 0 radical (unpaired) electrons. The third-order valence-corrected chi connectivity index (χ3v) is 2.72. The molecule has 0 bridgehead atoms. The van der Waals surface area contributed by atoms with E-state index in [1.54, 1.807) is 6.92 Å². The zero-order valence-corrected chi connectivity index (χ0v) is 11.6. The zero-order valence-electron chi connectivity index (χ0n) is 11.6. The smallest absolute Gasteiger partial charge is 0.405 e. The van der Waals surface area contributed by atoms with Crippen molar-refractivity contribution >= 4 is 12.0 Å². The first-order valence-electron chi connectivity index (χ1n) is 6.40. The fourth-order valence-electron chi connectivity index (χ4n) is 1.88. The summed E-state index contributed by atoms with van der Waals surface area (Å²) < 4.78 is 0. The number of hydrogen-bond donors (Lipinski definition) is 3. The van der Waals surface area contributed by atoms with Crippen molar-refractivity contribution in [3.63, 3.8) is 0 Å². The first-order chi connectivity index (χ1) is 9.40. The van der Waals surface area contributed by atoms with Gasteiger partial charge < -0.3 is 20.4 Å². The Bertz CT molecular complexity index is 448. The second-order valence-electron chi connectivity index (χ2n) is 4.72. The predicted octanol–water partition coefficient (Wildman–Crippen LogP) is 1.05. The molecular formula is C14H20N2O4. The lowest BCUT2D eigenvalue weighted by Gasteiger charge is -2.27. The number of rotatable bonds is 6. The van der Waals surface area contributed by atoms with Crippen molar-refractivity contribution in [2.24, 2.45) is 0 Å². The van der Waals surface area contributed by atoms with Crippen LogP contribution in [0.4, 0.5) is 4.79 Å². The standard InChI is InChI=1S/C14H20N2O4/c1-10(17)8-16(9-12-6-4-3-5-7-12)13(18)11(2)15-14(19)20/h3-7,10-11,15,17H,8-9H2,1-2H3,(H,19,20). The second kappa shape index (κ2) is 7.49. The van der Waals surface area contributed by atoms with Gasteiger partial charge in [-0.15, -0.1) is 0 Å². The molecule has 2 amide bonds. The van der Waals surface area contributed by atoms with Gasteiger partial charge in [-0.05, 0) is 19.4 Å². The van der Waals surface area contributed by atoms with Crippen LogP contribution in [0.3, 0.4) is 0 Å². The van der Waals surface area contributed by atoms with E-state index in [0.717, 1.165) is 5.56 Å². The lowest BCUT2D eigenvalue weighted by atomic mass is 10.2.